The Balaban J connectivity index is 5.69. The number of carbonyl (C=O) groups is 1. The van der Waals surface area contributed by atoms with Crippen molar-refractivity contribution in [1.29, 1.82) is 0 Å². The highest BCUT2D eigenvalue weighted by Crippen LogP contribution is 2.26. The molecule has 0 rings (SSSR count). The molecule has 0 aromatic rings. The average molecular weight is 939 g/mol. The Morgan fingerprint density at radius 1 is 0.323 bits per heavy atom. The SMILES string of the molecule is COCCOCCO[Si](CCCC(C)C(=O)C(C)CCC[Si](OCCOCCOC)(OCCOCCOC)OCCOCCOC)(OCCOCCOC)OCCOCCOC. The van der Waals surface area contributed by atoms with E-state index < -0.39 is 17.6 Å². The van der Waals surface area contributed by atoms with Gasteiger partial charge in [-0.25, -0.2) is 0 Å². The summed E-state index contributed by atoms with van der Waals surface area (Å²) in [7, 11) is 3.24. The van der Waals surface area contributed by atoms with Crippen LogP contribution in [0, 0.1) is 11.8 Å². The maximum Gasteiger partial charge on any atom is 0.501 e. The van der Waals surface area contributed by atoms with Crippen molar-refractivity contribution >= 4 is 23.4 Å². The second kappa shape index (κ2) is 45.5. The minimum Gasteiger partial charge on any atom is -0.382 e. The third kappa shape index (κ3) is 35.6. The minimum atomic E-state index is -3.26. The molecule has 0 spiro atoms. The Bertz CT molecular complexity index is 796. The van der Waals surface area contributed by atoms with E-state index in [0.29, 0.717) is 157 Å². The summed E-state index contributed by atoms with van der Waals surface area (Å²) in [5, 5.41) is 0. The predicted molar refractivity (Wildman–Crippen MR) is 235 cm³/mol. The van der Waals surface area contributed by atoms with Crippen LogP contribution in [0.2, 0.25) is 12.1 Å². The number of ketones is 1. The lowest BCUT2D eigenvalue weighted by Gasteiger charge is -2.30. The van der Waals surface area contributed by atoms with Gasteiger partial charge in [-0.3, -0.25) is 4.79 Å². The normalized spacial score (nSPS) is 13.3. The average Bonchev–Trinajstić information content (AvgIpc) is 3.27. The third-order valence-electron chi connectivity index (χ3n) is 9.10. The molecule has 0 aliphatic carbocycles. The van der Waals surface area contributed by atoms with Crippen LogP contribution in [0.3, 0.4) is 0 Å². The van der Waals surface area contributed by atoms with Crippen LogP contribution in [-0.2, 0) is 88.2 Å². The van der Waals surface area contributed by atoms with Gasteiger partial charge in [0.1, 0.15) is 5.78 Å². The molecule has 0 radical (unpaired) electrons. The van der Waals surface area contributed by atoms with Gasteiger partial charge in [0, 0.05) is 66.6 Å². The van der Waals surface area contributed by atoms with E-state index in [9.17, 15) is 4.79 Å². The van der Waals surface area contributed by atoms with E-state index in [4.69, 9.17) is 83.4 Å². The first kappa shape index (κ1) is 61.4. The van der Waals surface area contributed by atoms with Crippen molar-refractivity contribution in [1.82, 2.24) is 0 Å². The number of carbonyl (C=O) groups excluding carboxylic acids is 1. The van der Waals surface area contributed by atoms with Crippen molar-refractivity contribution in [3.05, 3.63) is 0 Å². The zero-order chi connectivity index (χ0) is 45.7. The van der Waals surface area contributed by atoms with Gasteiger partial charge in [-0.2, -0.15) is 0 Å². The largest absolute Gasteiger partial charge is 0.501 e. The Hall–Kier alpha value is -0.616. The van der Waals surface area contributed by atoms with E-state index in [1.807, 2.05) is 13.8 Å². The van der Waals surface area contributed by atoms with Gasteiger partial charge >= 0.3 is 17.6 Å². The maximum absolute atomic E-state index is 13.8. The van der Waals surface area contributed by atoms with E-state index in [0.717, 1.165) is 0 Å². The summed E-state index contributed by atoms with van der Waals surface area (Å²) in [6, 6.07) is 1.01. The molecule has 19 nitrogen and oxygen atoms in total. The molecule has 0 aliphatic rings. The molecule has 0 fully saturated rings. The molecule has 21 heteroatoms. The van der Waals surface area contributed by atoms with E-state index in [2.05, 4.69) is 0 Å². The van der Waals surface area contributed by atoms with Gasteiger partial charge in [0.15, 0.2) is 0 Å². The van der Waals surface area contributed by atoms with Crippen molar-refractivity contribution in [2.45, 2.75) is 51.6 Å². The van der Waals surface area contributed by atoms with Crippen molar-refractivity contribution < 1.29 is 88.2 Å². The van der Waals surface area contributed by atoms with E-state index in [-0.39, 0.29) is 57.3 Å². The van der Waals surface area contributed by atoms with E-state index >= 15 is 0 Å². The van der Waals surface area contributed by atoms with Crippen LogP contribution in [-0.4, -0.2) is 225 Å². The molecular formula is C41H86O19Si2. The van der Waals surface area contributed by atoms with E-state index in [1.165, 1.54) is 0 Å². The van der Waals surface area contributed by atoms with Crippen LogP contribution in [0.1, 0.15) is 39.5 Å². The van der Waals surface area contributed by atoms with Gasteiger partial charge in [0.05, 0.1) is 159 Å². The number of ether oxygens (including phenoxy) is 12. The Kier molecular flexibility index (Phi) is 45.1. The first-order valence-corrected chi connectivity index (χ1v) is 25.9. The molecule has 0 aromatic carbocycles. The maximum atomic E-state index is 13.8. The van der Waals surface area contributed by atoms with Gasteiger partial charge < -0.3 is 83.4 Å². The van der Waals surface area contributed by atoms with Crippen molar-refractivity contribution in [2.24, 2.45) is 11.8 Å². The third-order valence-corrected chi connectivity index (χ3v) is 14.9. The molecule has 0 saturated heterocycles. The first-order valence-electron chi connectivity index (χ1n) is 22.1. The van der Waals surface area contributed by atoms with Crippen molar-refractivity contribution in [3.63, 3.8) is 0 Å². The topological polar surface area (TPSA) is 183 Å². The Labute approximate surface area is 375 Å². The molecule has 62 heavy (non-hydrogen) atoms. The standard InChI is InChI=1S/C41H86O19Si2/c1-39(11-9-37-61(55-31-25-49-19-13-43-3,56-32-26-50-20-14-44-4)57-33-27-51-21-15-45-5)41(42)40(2)12-10-38-62(58-34-28-52-22-16-46-6,59-35-29-53-23-17-47-7)60-36-30-54-24-18-48-8/h39-40H,9-38H2,1-8H3. The molecule has 372 valence electrons. The number of hydrogen-bond donors (Lipinski definition) is 0. The van der Waals surface area contributed by atoms with Crippen LogP contribution >= 0.6 is 0 Å². The highest BCUT2D eigenvalue weighted by atomic mass is 28.4. The lowest BCUT2D eigenvalue weighted by Crippen LogP contribution is -2.48. The molecule has 0 heterocycles. The van der Waals surface area contributed by atoms with Gasteiger partial charge in [0.25, 0.3) is 0 Å². The molecular weight excluding hydrogens is 853 g/mol. The Morgan fingerprint density at radius 2 is 0.516 bits per heavy atom. The van der Waals surface area contributed by atoms with Crippen molar-refractivity contribution in [2.75, 3.05) is 201 Å². The predicted octanol–water partition coefficient (Wildman–Crippen LogP) is 3.34. The summed E-state index contributed by atoms with van der Waals surface area (Å²) in [4.78, 5) is 13.8. The van der Waals surface area contributed by atoms with Crippen LogP contribution in [0.15, 0.2) is 0 Å². The van der Waals surface area contributed by atoms with Crippen LogP contribution in [0.4, 0.5) is 0 Å². The molecule has 0 N–H and O–H groups in total. The first-order chi connectivity index (χ1) is 30.3. The van der Waals surface area contributed by atoms with E-state index in [1.54, 1.807) is 42.7 Å². The molecule has 0 amide bonds. The van der Waals surface area contributed by atoms with Crippen LogP contribution in [0.5, 0.6) is 0 Å². The zero-order valence-corrected chi connectivity index (χ0v) is 41.6. The number of hydrogen-bond acceptors (Lipinski definition) is 19. The lowest BCUT2D eigenvalue weighted by atomic mass is 9.89. The number of rotatable bonds is 52. The minimum absolute atomic E-state index is 0.185. The fraction of sp³-hybridized carbons (Fsp3) is 0.976. The molecule has 2 unspecified atom stereocenters. The summed E-state index contributed by atoms with van der Waals surface area (Å²) in [5.41, 5.74) is 0. The second-order valence-electron chi connectivity index (χ2n) is 14.1. The highest BCUT2D eigenvalue weighted by molar-refractivity contribution is 6.61. The summed E-state index contributed by atoms with van der Waals surface area (Å²) in [6.07, 6.45) is 2.58. The summed E-state index contributed by atoms with van der Waals surface area (Å²) < 4.78 is 103. The van der Waals surface area contributed by atoms with Gasteiger partial charge in [-0.15, -0.1) is 0 Å². The van der Waals surface area contributed by atoms with Crippen LogP contribution < -0.4 is 0 Å². The lowest BCUT2D eigenvalue weighted by molar-refractivity contribution is -0.126. The molecule has 0 aliphatic heterocycles. The quantitative estimate of drug-likeness (QED) is 0.0639. The highest BCUT2D eigenvalue weighted by Gasteiger charge is 2.42. The van der Waals surface area contributed by atoms with Gasteiger partial charge in [-0.1, -0.05) is 13.8 Å². The van der Waals surface area contributed by atoms with Gasteiger partial charge in [-0.05, 0) is 25.7 Å². The van der Waals surface area contributed by atoms with Crippen molar-refractivity contribution in [3.8, 4) is 0 Å². The molecule has 2 atom stereocenters. The summed E-state index contributed by atoms with van der Waals surface area (Å²) in [6.45, 7) is 13.3. The second-order valence-corrected chi connectivity index (χ2v) is 19.5. The molecule has 0 aromatic heterocycles. The zero-order valence-electron chi connectivity index (χ0n) is 39.6. The monoisotopic (exact) mass is 939 g/mol. The van der Waals surface area contributed by atoms with Gasteiger partial charge in [0.2, 0.25) is 0 Å². The fourth-order valence-electron chi connectivity index (χ4n) is 5.71. The fourth-order valence-corrected chi connectivity index (χ4v) is 10.7. The summed E-state index contributed by atoms with van der Waals surface area (Å²) >= 11 is 0. The number of methoxy groups -OCH3 is 6. The smallest absolute Gasteiger partial charge is 0.382 e. The Morgan fingerprint density at radius 3 is 0.710 bits per heavy atom. The van der Waals surface area contributed by atoms with Crippen LogP contribution in [0.25, 0.3) is 0 Å². The molecule has 0 saturated carbocycles. The number of Topliss-reactive ketones (excluding diaryl/α,β-unsaturated/α-hetero) is 1. The molecule has 0 bridgehead atoms. The summed E-state index contributed by atoms with van der Waals surface area (Å²) in [5.74, 6) is -0.219.